The third-order valence-corrected chi connectivity index (χ3v) is 12.9. The van der Waals surface area contributed by atoms with Crippen molar-refractivity contribution in [2.45, 2.75) is 71.6 Å². The van der Waals surface area contributed by atoms with Gasteiger partial charge in [-0.2, -0.15) is 9.94 Å². The molecule has 1 aliphatic carbocycles. The summed E-state index contributed by atoms with van der Waals surface area (Å²) < 4.78 is 7.40. The molecule has 4 amide bonds. The summed E-state index contributed by atoms with van der Waals surface area (Å²) in [7, 11) is 0. The summed E-state index contributed by atoms with van der Waals surface area (Å²) in [5.74, 6) is 6.22. The van der Waals surface area contributed by atoms with E-state index in [9.17, 15) is 29.2 Å². The van der Waals surface area contributed by atoms with Gasteiger partial charge in [-0.1, -0.05) is 56.4 Å². The predicted octanol–water partition coefficient (Wildman–Crippen LogP) is 4.63. The first kappa shape index (κ1) is 40.5. The number of anilines is 1. The van der Waals surface area contributed by atoms with Gasteiger partial charge in [0.2, 0.25) is 11.8 Å². The Hall–Kier alpha value is -6.25. The first-order valence-corrected chi connectivity index (χ1v) is 20.6. The maximum atomic E-state index is 13.4. The number of fused-ring (bicyclic) bond motifs is 1. The number of hydrogen-bond donors (Lipinski definition) is 2. The Morgan fingerprint density at radius 2 is 1.67 bits per heavy atom. The van der Waals surface area contributed by atoms with E-state index >= 15 is 0 Å². The van der Waals surface area contributed by atoms with Gasteiger partial charge in [0.05, 0.1) is 21.9 Å². The van der Waals surface area contributed by atoms with E-state index in [4.69, 9.17) is 16.3 Å². The highest BCUT2D eigenvalue weighted by molar-refractivity contribution is 6.31. The van der Waals surface area contributed by atoms with E-state index in [1.165, 1.54) is 0 Å². The highest BCUT2D eigenvalue weighted by atomic mass is 35.5. The number of benzene rings is 3. The zero-order valence-electron chi connectivity index (χ0n) is 33.8. The van der Waals surface area contributed by atoms with E-state index in [1.807, 2.05) is 28.0 Å². The SMILES string of the molecule is CC1(C)C(NC(=O)c2ccc(C#CC3CCN(C(=O)C4CN(c5ccc6nnn(C7CCC(=O)NC7=O)c(=O)c6c5)C4)CC3)cc2)C(C)(C)C1Oc1ccc(C#N)c(Cl)c1. The predicted molar refractivity (Wildman–Crippen MR) is 223 cm³/mol. The van der Waals surface area contributed by atoms with Gasteiger partial charge in [0, 0.05) is 78.3 Å². The average Bonchev–Trinajstić information content (AvgIpc) is 3.21. The molecule has 4 fully saturated rings. The van der Waals surface area contributed by atoms with Crippen LogP contribution in [0.25, 0.3) is 10.9 Å². The Morgan fingerprint density at radius 3 is 2.33 bits per heavy atom. The van der Waals surface area contributed by atoms with Crippen LogP contribution in [0.4, 0.5) is 5.69 Å². The third-order valence-electron chi connectivity index (χ3n) is 12.6. The van der Waals surface area contributed by atoms with Crippen LogP contribution in [0.3, 0.4) is 0 Å². The van der Waals surface area contributed by atoms with E-state index in [1.54, 1.807) is 42.5 Å². The molecule has 1 unspecified atom stereocenters. The van der Waals surface area contributed by atoms with Crippen LogP contribution in [0.15, 0.2) is 65.5 Å². The van der Waals surface area contributed by atoms with Gasteiger partial charge >= 0.3 is 0 Å². The standard InChI is InChI=1S/C45H45ClN8O6/c1-44(2)42(45(3,4)43(44)60-32-13-11-29(23-47)34(46)22-32)49-38(56)28-9-7-26(8-10-28)5-6-27-17-19-52(20-18-27)40(58)30-24-53(25-30)31-12-14-35-33(21-31)41(59)54(51-50-35)36-15-16-37(55)48-39(36)57/h7-14,21-22,27,30,36,42-43H,15-20,24-25H2,1-4H3,(H,49,56)(H,48,55,57). The Kier molecular flexibility index (Phi) is 10.6. The molecule has 3 aromatic carbocycles. The summed E-state index contributed by atoms with van der Waals surface area (Å²) in [6.07, 6.45) is 1.64. The minimum absolute atomic E-state index is 0.117. The number of ether oxygens (including phenoxy) is 1. The van der Waals surface area contributed by atoms with Crippen molar-refractivity contribution in [3.63, 3.8) is 0 Å². The highest BCUT2D eigenvalue weighted by Gasteiger charge is 2.64. The molecular formula is C45H45ClN8O6. The summed E-state index contributed by atoms with van der Waals surface area (Å²) >= 11 is 6.24. The second-order valence-electron chi connectivity index (χ2n) is 17.4. The number of rotatable bonds is 7. The molecule has 4 heterocycles. The number of amides is 4. The molecule has 1 saturated carbocycles. The molecule has 0 radical (unpaired) electrons. The molecule has 60 heavy (non-hydrogen) atoms. The number of aromatic nitrogens is 3. The molecule has 14 nitrogen and oxygen atoms in total. The fraction of sp³-hybridized carbons (Fsp3) is 0.422. The zero-order chi connectivity index (χ0) is 42.5. The Labute approximate surface area is 352 Å². The van der Waals surface area contributed by atoms with Gasteiger partial charge in [-0.05, 0) is 73.9 Å². The van der Waals surface area contributed by atoms with Crippen molar-refractivity contribution in [1.82, 2.24) is 30.5 Å². The van der Waals surface area contributed by atoms with Gasteiger partial charge in [-0.25, -0.2) is 0 Å². The van der Waals surface area contributed by atoms with Crippen molar-refractivity contribution in [2.75, 3.05) is 31.1 Å². The number of nitrogens with zero attached hydrogens (tertiary/aromatic N) is 6. The molecular weight excluding hydrogens is 784 g/mol. The van der Waals surface area contributed by atoms with Crippen molar-refractivity contribution in [3.8, 4) is 23.7 Å². The minimum Gasteiger partial charge on any atom is -0.489 e. The lowest BCUT2D eigenvalue weighted by molar-refractivity contribution is -0.164. The fourth-order valence-corrected chi connectivity index (χ4v) is 9.62. The maximum absolute atomic E-state index is 13.4. The number of carbonyl (C=O) groups is 4. The molecule has 308 valence electrons. The Morgan fingerprint density at radius 1 is 0.950 bits per heavy atom. The smallest absolute Gasteiger partial charge is 0.278 e. The molecule has 0 spiro atoms. The zero-order valence-corrected chi connectivity index (χ0v) is 34.6. The number of nitriles is 1. The summed E-state index contributed by atoms with van der Waals surface area (Å²) in [5.41, 5.74) is 1.71. The monoisotopic (exact) mass is 828 g/mol. The van der Waals surface area contributed by atoms with Crippen LogP contribution in [0.1, 0.15) is 80.9 Å². The molecule has 2 N–H and O–H groups in total. The molecule has 4 aliphatic rings. The van der Waals surface area contributed by atoms with Crippen LogP contribution in [0.2, 0.25) is 5.02 Å². The highest BCUT2D eigenvalue weighted by Crippen LogP contribution is 2.55. The van der Waals surface area contributed by atoms with Crippen molar-refractivity contribution in [1.29, 1.82) is 5.26 Å². The molecule has 4 aromatic rings. The normalized spacial score (nSPS) is 22.4. The first-order valence-electron chi connectivity index (χ1n) is 20.2. The number of hydrogen-bond acceptors (Lipinski definition) is 10. The van der Waals surface area contributed by atoms with Gasteiger partial charge in [-0.3, -0.25) is 29.3 Å². The Balaban J connectivity index is 0.806. The molecule has 3 aliphatic heterocycles. The summed E-state index contributed by atoms with van der Waals surface area (Å²) in [5, 5.41) is 23.4. The van der Waals surface area contributed by atoms with E-state index in [2.05, 4.69) is 66.6 Å². The van der Waals surface area contributed by atoms with Gasteiger partial charge in [-0.15, -0.1) is 5.10 Å². The quantitative estimate of drug-likeness (QED) is 0.197. The molecule has 15 heteroatoms. The number of likely N-dealkylation sites (tertiary alicyclic amines) is 1. The van der Waals surface area contributed by atoms with Crippen molar-refractivity contribution in [3.05, 3.63) is 92.7 Å². The van der Waals surface area contributed by atoms with Crippen molar-refractivity contribution < 1.29 is 23.9 Å². The lowest BCUT2D eigenvalue weighted by Gasteiger charge is -2.63. The summed E-state index contributed by atoms with van der Waals surface area (Å²) in [4.78, 5) is 68.1. The Bertz CT molecular complexity index is 2560. The van der Waals surface area contributed by atoms with Gasteiger partial charge in [0.15, 0.2) is 0 Å². The van der Waals surface area contributed by atoms with E-state index in [-0.39, 0.29) is 65.4 Å². The van der Waals surface area contributed by atoms with Gasteiger partial charge < -0.3 is 19.9 Å². The van der Waals surface area contributed by atoms with Crippen LogP contribution < -0.4 is 25.8 Å². The molecule has 1 aromatic heterocycles. The number of nitrogens with one attached hydrogen (secondary N) is 2. The van der Waals surface area contributed by atoms with Crippen LogP contribution in [0.5, 0.6) is 5.75 Å². The second kappa shape index (κ2) is 15.7. The topological polar surface area (TPSA) is 180 Å². The second-order valence-corrected chi connectivity index (χ2v) is 17.8. The number of halogens is 1. The third kappa shape index (κ3) is 7.56. The van der Waals surface area contributed by atoms with Crippen LogP contribution in [0, 0.1) is 45.8 Å². The average molecular weight is 829 g/mol. The lowest BCUT2D eigenvalue weighted by Crippen LogP contribution is -2.74. The molecule has 3 saturated heterocycles. The first-order chi connectivity index (χ1) is 28.6. The van der Waals surface area contributed by atoms with Gasteiger partial charge in [0.1, 0.15) is 29.5 Å². The number of carbonyl (C=O) groups excluding carboxylic acids is 4. The van der Waals surface area contributed by atoms with E-state index < -0.39 is 17.5 Å². The van der Waals surface area contributed by atoms with E-state index in [0.717, 1.165) is 28.8 Å². The minimum atomic E-state index is -0.899. The fourth-order valence-electron chi connectivity index (χ4n) is 9.41. The van der Waals surface area contributed by atoms with Crippen LogP contribution in [-0.2, 0) is 14.4 Å². The maximum Gasteiger partial charge on any atom is 0.278 e. The van der Waals surface area contributed by atoms with Crippen molar-refractivity contribution in [2.24, 2.45) is 22.7 Å². The molecule has 0 bridgehead atoms. The molecule has 1 atom stereocenters. The van der Waals surface area contributed by atoms with E-state index in [0.29, 0.717) is 59.0 Å². The van der Waals surface area contributed by atoms with Crippen molar-refractivity contribution >= 4 is 51.8 Å². The largest absolute Gasteiger partial charge is 0.489 e. The summed E-state index contributed by atoms with van der Waals surface area (Å²) in [6.45, 7) is 10.6. The summed E-state index contributed by atoms with van der Waals surface area (Å²) in [6, 6.07) is 18.6. The number of piperidine rings is 2. The lowest BCUT2D eigenvalue weighted by atomic mass is 9.49. The van der Waals surface area contributed by atoms with Crippen LogP contribution >= 0.6 is 11.6 Å². The molecule has 8 rings (SSSR count). The van der Waals surface area contributed by atoms with Gasteiger partial charge in [0.25, 0.3) is 17.4 Å². The number of imide groups is 1. The van der Waals surface area contributed by atoms with Crippen LogP contribution in [-0.4, -0.2) is 81.8 Å².